The predicted octanol–water partition coefficient (Wildman–Crippen LogP) is 1.27. The lowest BCUT2D eigenvalue weighted by molar-refractivity contribution is -0.140. The van der Waals surface area contributed by atoms with Gasteiger partial charge < -0.3 is 15.3 Å². The molecule has 0 aromatic heterocycles. The Balaban J connectivity index is 2.32. The number of carboxylic acids is 1. The molecule has 2 atom stereocenters. The van der Waals surface area contributed by atoms with Gasteiger partial charge >= 0.3 is 5.97 Å². The van der Waals surface area contributed by atoms with Crippen LogP contribution < -0.4 is 5.32 Å². The van der Waals surface area contributed by atoms with Crippen molar-refractivity contribution in [1.29, 1.82) is 0 Å². The van der Waals surface area contributed by atoms with E-state index in [4.69, 9.17) is 5.11 Å². The van der Waals surface area contributed by atoms with Crippen LogP contribution in [0.4, 0.5) is 0 Å². The molecule has 0 amide bonds. The van der Waals surface area contributed by atoms with E-state index in [-0.39, 0.29) is 11.3 Å². The summed E-state index contributed by atoms with van der Waals surface area (Å²) in [6.45, 7) is 10.1. The van der Waals surface area contributed by atoms with Gasteiger partial charge in [0.2, 0.25) is 0 Å². The van der Waals surface area contributed by atoms with Gasteiger partial charge in [-0.15, -0.1) is 0 Å². The van der Waals surface area contributed by atoms with Gasteiger partial charge in [-0.25, -0.2) is 0 Å². The third-order valence-corrected chi connectivity index (χ3v) is 3.95. The molecule has 0 aliphatic carbocycles. The van der Waals surface area contributed by atoms with E-state index >= 15 is 0 Å². The number of carbonyl (C=O) groups is 1. The number of nitrogens with one attached hydrogen (secondary N) is 1. The normalized spacial score (nSPS) is 23.9. The molecule has 0 saturated carbocycles. The van der Waals surface area contributed by atoms with Crippen molar-refractivity contribution in [2.45, 2.75) is 27.2 Å². The van der Waals surface area contributed by atoms with E-state index in [1.54, 1.807) is 6.92 Å². The van der Waals surface area contributed by atoms with E-state index in [0.29, 0.717) is 12.5 Å². The summed E-state index contributed by atoms with van der Waals surface area (Å²) < 4.78 is 0. The highest BCUT2D eigenvalue weighted by Crippen LogP contribution is 2.33. The van der Waals surface area contributed by atoms with Crippen molar-refractivity contribution in [3.8, 4) is 0 Å². The number of nitrogens with zero attached hydrogens (tertiary/aromatic N) is 1. The van der Waals surface area contributed by atoms with Gasteiger partial charge in [0.15, 0.2) is 0 Å². The van der Waals surface area contributed by atoms with Crippen molar-refractivity contribution in [3.63, 3.8) is 0 Å². The zero-order valence-electron chi connectivity index (χ0n) is 11.5. The molecule has 0 radical (unpaired) electrons. The Bertz CT molecular complexity index is 266. The van der Waals surface area contributed by atoms with Gasteiger partial charge in [0.05, 0.1) is 5.92 Å². The molecule has 1 aliphatic rings. The van der Waals surface area contributed by atoms with Crippen LogP contribution in [0.2, 0.25) is 0 Å². The van der Waals surface area contributed by atoms with Crippen LogP contribution in [0.1, 0.15) is 27.2 Å². The van der Waals surface area contributed by atoms with Crippen LogP contribution in [0.25, 0.3) is 0 Å². The summed E-state index contributed by atoms with van der Waals surface area (Å²) in [7, 11) is 2.16. The Labute approximate surface area is 104 Å². The lowest BCUT2D eigenvalue weighted by atomic mass is 9.78. The molecule has 1 heterocycles. The fourth-order valence-electron chi connectivity index (χ4n) is 2.42. The Hall–Kier alpha value is -0.610. The molecule has 17 heavy (non-hydrogen) atoms. The molecule has 1 saturated heterocycles. The Kier molecular flexibility index (Phi) is 4.95. The summed E-state index contributed by atoms with van der Waals surface area (Å²) in [5.41, 5.74) is 0.239. The standard InChI is InChI=1S/C13H26N2O2/c1-10(12(16)17)7-14-9-13(2,3)11-5-6-15(4)8-11/h10-11,14H,5-9H2,1-4H3,(H,16,17). The third-order valence-electron chi connectivity index (χ3n) is 3.95. The monoisotopic (exact) mass is 242 g/mol. The van der Waals surface area contributed by atoms with Gasteiger partial charge in [-0.05, 0) is 31.3 Å². The first-order valence-electron chi connectivity index (χ1n) is 6.45. The number of aliphatic carboxylic acids is 1. The zero-order valence-corrected chi connectivity index (χ0v) is 11.5. The highest BCUT2D eigenvalue weighted by atomic mass is 16.4. The van der Waals surface area contributed by atoms with Gasteiger partial charge in [-0.1, -0.05) is 20.8 Å². The molecule has 0 aromatic rings. The molecule has 0 aromatic carbocycles. The quantitative estimate of drug-likeness (QED) is 0.736. The second-order valence-electron chi connectivity index (χ2n) is 6.11. The first-order valence-corrected chi connectivity index (χ1v) is 6.45. The summed E-state index contributed by atoms with van der Waals surface area (Å²) in [5, 5.41) is 12.1. The first-order chi connectivity index (χ1) is 7.83. The number of hydrogen-bond acceptors (Lipinski definition) is 3. The summed E-state index contributed by atoms with van der Waals surface area (Å²) in [6.07, 6.45) is 1.25. The van der Waals surface area contributed by atoms with Crippen molar-refractivity contribution in [3.05, 3.63) is 0 Å². The minimum Gasteiger partial charge on any atom is -0.481 e. The van der Waals surface area contributed by atoms with Crippen LogP contribution in [0, 0.1) is 17.3 Å². The topological polar surface area (TPSA) is 52.6 Å². The van der Waals surface area contributed by atoms with E-state index in [0.717, 1.165) is 13.1 Å². The van der Waals surface area contributed by atoms with Crippen molar-refractivity contribution in [2.24, 2.45) is 17.3 Å². The maximum Gasteiger partial charge on any atom is 0.307 e. The molecular weight excluding hydrogens is 216 g/mol. The second kappa shape index (κ2) is 5.83. The Morgan fingerprint density at radius 1 is 1.59 bits per heavy atom. The smallest absolute Gasteiger partial charge is 0.307 e. The average Bonchev–Trinajstić information content (AvgIpc) is 2.65. The number of hydrogen-bond donors (Lipinski definition) is 2. The Morgan fingerprint density at radius 2 is 2.24 bits per heavy atom. The van der Waals surface area contributed by atoms with Crippen LogP contribution in [0.3, 0.4) is 0 Å². The summed E-state index contributed by atoms with van der Waals surface area (Å²) in [5.74, 6) is -0.326. The molecule has 4 heteroatoms. The van der Waals surface area contributed by atoms with Crippen LogP contribution in [0.5, 0.6) is 0 Å². The van der Waals surface area contributed by atoms with Crippen molar-refractivity contribution in [1.82, 2.24) is 10.2 Å². The maximum atomic E-state index is 10.7. The van der Waals surface area contributed by atoms with Crippen LogP contribution >= 0.6 is 0 Å². The molecule has 100 valence electrons. The van der Waals surface area contributed by atoms with E-state index in [2.05, 4.69) is 31.1 Å². The van der Waals surface area contributed by atoms with Gasteiger partial charge in [0.25, 0.3) is 0 Å². The van der Waals surface area contributed by atoms with Gasteiger partial charge in [-0.3, -0.25) is 4.79 Å². The van der Waals surface area contributed by atoms with E-state index in [1.165, 1.54) is 13.0 Å². The van der Waals surface area contributed by atoms with Crippen LogP contribution in [-0.2, 0) is 4.79 Å². The van der Waals surface area contributed by atoms with Gasteiger partial charge in [0.1, 0.15) is 0 Å². The van der Waals surface area contributed by atoms with E-state index < -0.39 is 5.97 Å². The number of likely N-dealkylation sites (tertiary alicyclic amines) is 1. The SMILES string of the molecule is CC(CNCC(C)(C)C1CCN(C)C1)C(=O)O. The lowest BCUT2D eigenvalue weighted by Gasteiger charge is -2.32. The third kappa shape index (κ3) is 4.28. The van der Waals surface area contributed by atoms with E-state index in [1.807, 2.05) is 0 Å². The van der Waals surface area contributed by atoms with Crippen molar-refractivity contribution >= 4 is 5.97 Å². The van der Waals surface area contributed by atoms with Crippen LogP contribution in [-0.4, -0.2) is 49.2 Å². The largest absolute Gasteiger partial charge is 0.481 e. The Morgan fingerprint density at radius 3 is 2.71 bits per heavy atom. The van der Waals surface area contributed by atoms with Crippen molar-refractivity contribution < 1.29 is 9.90 Å². The molecule has 4 nitrogen and oxygen atoms in total. The summed E-state index contributed by atoms with van der Waals surface area (Å²) >= 11 is 0. The molecule has 1 rings (SSSR count). The highest BCUT2D eigenvalue weighted by molar-refractivity contribution is 5.69. The molecule has 2 unspecified atom stereocenters. The molecule has 0 bridgehead atoms. The minimum absolute atomic E-state index is 0.239. The number of carboxylic acid groups (broad SMARTS) is 1. The predicted molar refractivity (Wildman–Crippen MR) is 69.1 cm³/mol. The first kappa shape index (κ1) is 14.5. The summed E-state index contributed by atoms with van der Waals surface area (Å²) in [6, 6.07) is 0. The zero-order chi connectivity index (χ0) is 13.1. The molecule has 0 spiro atoms. The lowest BCUT2D eigenvalue weighted by Crippen LogP contribution is -2.39. The minimum atomic E-state index is -0.726. The second-order valence-corrected chi connectivity index (χ2v) is 6.11. The maximum absolute atomic E-state index is 10.7. The molecule has 1 aliphatic heterocycles. The number of rotatable bonds is 6. The van der Waals surface area contributed by atoms with Crippen LogP contribution in [0.15, 0.2) is 0 Å². The fraction of sp³-hybridized carbons (Fsp3) is 0.923. The average molecular weight is 242 g/mol. The molecule has 1 fully saturated rings. The van der Waals surface area contributed by atoms with Gasteiger partial charge in [-0.2, -0.15) is 0 Å². The van der Waals surface area contributed by atoms with E-state index in [9.17, 15) is 4.79 Å². The van der Waals surface area contributed by atoms with Gasteiger partial charge in [0, 0.05) is 19.6 Å². The summed E-state index contributed by atoms with van der Waals surface area (Å²) in [4.78, 5) is 13.1. The van der Waals surface area contributed by atoms with Crippen molar-refractivity contribution in [2.75, 3.05) is 33.2 Å². The molecule has 2 N–H and O–H groups in total. The fourth-order valence-corrected chi connectivity index (χ4v) is 2.42. The highest BCUT2D eigenvalue weighted by Gasteiger charge is 2.33. The molecular formula is C13H26N2O2.